The van der Waals surface area contributed by atoms with Crippen LogP contribution in [0.1, 0.15) is 19.3 Å². The molecule has 0 spiro atoms. The summed E-state index contributed by atoms with van der Waals surface area (Å²) in [7, 11) is 0. The molecule has 0 aromatic heterocycles. The van der Waals surface area contributed by atoms with Crippen LogP contribution in [-0.4, -0.2) is 55.8 Å². The molecule has 2 saturated heterocycles. The zero-order valence-corrected chi connectivity index (χ0v) is 13.2. The molecule has 0 aliphatic carbocycles. The zero-order chi connectivity index (χ0) is 16.1. The lowest BCUT2D eigenvalue weighted by Crippen LogP contribution is -2.47. The highest BCUT2D eigenvalue weighted by atomic mass is 19.1. The van der Waals surface area contributed by atoms with Crippen LogP contribution in [0.25, 0.3) is 0 Å². The van der Waals surface area contributed by atoms with Gasteiger partial charge in [0.1, 0.15) is 17.7 Å². The number of likely N-dealkylation sites (tertiary alicyclic amines) is 1. The van der Waals surface area contributed by atoms with Gasteiger partial charge in [0.2, 0.25) is 5.91 Å². The number of rotatable bonds is 4. The van der Waals surface area contributed by atoms with Crippen molar-refractivity contribution in [3.8, 4) is 5.75 Å². The van der Waals surface area contributed by atoms with Crippen molar-refractivity contribution in [2.75, 3.05) is 32.8 Å². The molecule has 1 aromatic carbocycles. The van der Waals surface area contributed by atoms with E-state index in [1.165, 1.54) is 12.1 Å². The fourth-order valence-corrected chi connectivity index (χ4v) is 3.02. The molecular formula is C17H23FN2O3. The minimum atomic E-state index is -0.266. The standard InChI is InChI=1S/C17H23FN2O3/c18-13-1-3-15(4-2-13)23-16-5-8-20(9-6-16)17(21)11-14-12-22-10-7-19-14/h1-4,14,16,19H,5-12H2/t14-/m0/s1. The van der Waals surface area contributed by atoms with Gasteiger partial charge in [-0.2, -0.15) is 0 Å². The van der Waals surface area contributed by atoms with Crippen LogP contribution in [0.3, 0.4) is 0 Å². The molecule has 5 nitrogen and oxygen atoms in total. The number of amides is 1. The third-order valence-corrected chi connectivity index (χ3v) is 4.33. The number of piperidine rings is 1. The number of benzene rings is 1. The summed E-state index contributed by atoms with van der Waals surface area (Å²) in [6, 6.07) is 6.20. The summed E-state index contributed by atoms with van der Waals surface area (Å²) in [5, 5.41) is 3.31. The molecule has 2 heterocycles. The number of nitrogens with zero attached hydrogens (tertiary/aromatic N) is 1. The highest BCUT2D eigenvalue weighted by Crippen LogP contribution is 2.20. The number of halogens is 1. The van der Waals surface area contributed by atoms with Crippen LogP contribution in [0, 0.1) is 5.82 Å². The summed E-state index contributed by atoms with van der Waals surface area (Å²) in [4.78, 5) is 14.2. The van der Waals surface area contributed by atoms with Gasteiger partial charge in [0, 0.05) is 44.9 Å². The molecule has 1 amide bonds. The Kier molecular flexibility index (Phi) is 5.46. The molecule has 0 radical (unpaired) electrons. The van der Waals surface area contributed by atoms with Gasteiger partial charge < -0.3 is 19.7 Å². The van der Waals surface area contributed by atoms with Gasteiger partial charge in [-0.25, -0.2) is 4.39 Å². The average Bonchev–Trinajstić information content (AvgIpc) is 2.58. The highest BCUT2D eigenvalue weighted by Gasteiger charge is 2.26. The topological polar surface area (TPSA) is 50.8 Å². The summed E-state index contributed by atoms with van der Waals surface area (Å²) in [6.07, 6.45) is 2.18. The number of morpholine rings is 1. The van der Waals surface area contributed by atoms with Gasteiger partial charge in [-0.3, -0.25) is 4.79 Å². The molecule has 0 saturated carbocycles. The van der Waals surface area contributed by atoms with E-state index in [1.807, 2.05) is 4.90 Å². The number of carbonyl (C=O) groups excluding carboxylic acids is 1. The maximum absolute atomic E-state index is 12.9. The Morgan fingerprint density at radius 3 is 2.70 bits per heavy atom. The lowest BCUT2D eigenvalue weighted by molar-refractivity contribution is -0.134. The lowest BCUT2D eigenvalue weighted by Gasteiger charge is -2.33. The summed E-state index contributed by atoms with van der Waals surface area (Å²) in [6.45, 7) is 3.55. The van der Waals surface area contributed by atoms with Crippen molar-refractivity contribution < 1.29 is 18.7 Å². The monoisotopic (exact) mass is 322 g/mol. The Balaban J connectivity index is 1.42. The predicted octanol–water partition coefficient (Wildman–Crippen LogP) is 1.57. The van der Waals surface area contributed by atoms with E-state index < -0.39 is 0 Å². The van der Waals surface area contributed by atoms with Crippen LogP contribution in [0.2, 0.25) is 0 Å². The maximum atomic E-state index is 12.9. The summed E-state index contributed by atoms with van der Waals surface area (Å²) in [5.41, 5.74) is 0. The molecule has 1 N–H and O–H groups in total. The number of carbonyl (C=O) groups is 1. The van der Waals surface area contributed by atoms with E-state index in [1.54, 1.807) is 12.1 Å². The second-order valence-corrected chi connectivity index (χ2v) is 6.08. The normalized spacial score (nSPS) is 22.8. The van der Waals surface area contributed by atoms with Gasteiger partial charge >= 0.3 is 0 Å². The quantitative estimate of drug-likeness (QED) is 0.914. The first kappa shape index (κ1) is 16.2. The van der Waals surface area contributed by atoms with Crippen LogP contribution < -0.4 is 10.1 Å². The largest absolute Gasteiger partial charge is 0.490 e. The molecule has 1 atom stereocenters. The van der Waals surface area contributed by atoms with E-state index in [0.29, 0.717) is 31.9 Å². The Morgan fingerprint density at radius 1 is 1.30 bits per heavy atom. The molecular weight excluding hydrogens is 299 g/mol. The number of ether oxygens (including phenoxy) is 2. The van der Waals surface area contributed by atoms with Crippen LogP contribution in [0.15, 0.2) is 24.3 Å². The smallest absolute Gasteiger partial charge is 0.224 e. The fourth-order valence-electron chi connectivity index (χ4n) is 3.02. The van der Waals surface area contributed by atoms with E-state index in [-0.39, 0.29) is 23.9 Å². The van der Waals surface area contributed by atoms with E-state index in [4.69, 9.17) is 9.47 Å². The minimum absolute atomic E-state index is 0.0839. The van der Waals surface area contributed by atoms with Gasteiger partial charge in [0.15, 0.2) is 0 Å². The molecule has 23 heavy (non-hydrogen) atoms. The van der Waals surface area contributed by atoms with Gasteiger partial charge in [0.05, 0.1) is 13.2 Å². The first-order valence-electron chi connectivity index (χ1n) is 8.22. The first-order valence-corrected chi connectivity index (χ1v) is 8.22. The lowest BCUT2D eigenvalue weighted by atomic mass is 10.1. The number of hydrogen-bond acceptors (Lipinski definition) is 4. The molecule has 2 fully saturated rings. The second-order valence-electron chi connectivity index (χ2n) is 6.08. The van der Waals surface area contributed by atoms with Crippen molar-refractivity contribution in [1.29, 1.82) is 0 Å². The molecule has 6 heteroatoms. The Hall–Kier alpha value is -1.66. The van der Waals surface area contributed by atoms with Crippen molar-refractivity contribution in [3.05, 3.63) is 30.1 Å². The van der Waals surface area contributed by atoms with Gasteiger partial charge in [-0.15, -0.1) is 0 Å². The van der Waals surface area contributed by atoms with E-state index in [0.717, 1.165) is 26.0 Å². The maximum Gasteiger partial charge on any atom is 0.224 e. The predicted molar refractivity (Wildman–Crippen MR) is 83.9 cm³/mol. The molecule has 1 aromatic rings. The summed E-state index contributed by atoms with van der Waals surface area (Å²) in [5.74, 6) is 0.589. The summed E-state index contributed by atoms with van der Waals surface area (Å²) >= 11 is 0. The van der Waals surface area contributed by atoms with Crippen LogP contribution in [0.5, 0.6) is 5.75 Å². The van der Waals surface area contributed by atoms with E-state index in [9.17, 15) is 9.18 Å². The second kappa shape index (κ2) is 7.75. The Labute approximate surface area is 135 Å². The highest BCUT2D eigenvalue weighted by molar-refractivity contribution is 5.77. The van der Waals surface area contributed by atoms with Gasteiger partial charge in [-0.05, 0) is 24.3 Å². The van der Waals surface area contributed by atoms with Crippen molar-refractivity contribution in [1.82, 2.24) is 10.2 Å². The minimum Gasteiger partial charge on any atom is -0.490 e. The fraction of sp³-hybridized carbons (Fsp3) is 0.588. The Bertz CT molecular complexity index is 509. The molecule has 126 valence electrons. The van der Waals surface area contributed by atoms with Gasteiger partial charge in [-0.1, -0.05) is 0 Å². The molecule has 2 aliphatic heterocycles. The third kappa shape index (κ3) is 4.65. The SMILES string of the molecule is O=C(C[C@H]1COCCN1)N1CCC(Oc2ccc(F)cc2)CC1. The van der Waals surface area contributed by atoms with Crippen molar-refractivity contribution in [2.24, 2.45) is 0 Å². The molecule has 0 unspecified atom stereocenters. The zero-order valence-electron chi connectivity index (χ0n) is 13.2. The van der Waals surface area contributed by atoms with Crippen LogP contribution in [-0.2, 0) is 9.53 Å². The van der Waals surface area contributed by atoms with Crippen molar-refractivity contribution >= 4 is 5.91 Å². The molecule has 3 rings (SSSR count). The first-order chi connectivity index (χ1) is 11.2. The Morgan fingerprint density at radius 2 is 2.04 bits per heavy atom. The number of nitrogens with one attached hydrogen (secondary N) is 1. The van der Waals surface area contributed by atoms with Crippen LogP contribution >= 0.6 is 0 Å². The van der Waals surface area contributed by atoms with Crippen LogP contribution in [0.4, 0.5) is 4.39 Å². The number of hydrogen-bond donors (Lipinski definition) is 1. The van der Waals surface area contributed by atoms with E-state index >= 15 is 0 Å². The molecule has 2 aliphatic rings. The van der Waals surface area contributed by atoms with Crippen molar-refractivity contribution in [2.45, 2.75) is 31.4 Å². The third-order valence-electron chi connectivity index (χ3n) is 4.33. The summed E-state index contributed by atoms with van der Waals surface area (Å²) < 4.78 is 24.1. The van der Waals surface area contributed by atoms with Crippen molar-refractivity contribution in [3.63, 3.8) is 0 Å². The van der Waals surface area contributed by atoms with E-state index in [2.05, 4.69) is 5.32 Å². The van der Waals surface area contributed by atoms with Gasteiger partial charge in [0.25, 0.3) is 0 Å². The molecule has 0 bridgehead atoms. The average molecular weight is 322 g/mol.